The highest BCUT2D eigenvalue weighted by atomic mass is 32.1. The number of hydrogen-bond donors (Lipinski definition) is 2. The van der Waals surface area contributed by atoms with Gasteiger partial charge >= 0.3 is 0 Å². The van der Waals surface area contributed by atoms with Crippen molar-refractivity contribution in [1.82, 2.24) is 5.32 Å². The number of carbonyl (C=O) groups excluding carboxylic acids is 1. The molecule has 1 amide bonds. The molecule has 1 aliphatic carbocycles. The van der Waals surface area contributed by atoms with E-state index < -0.39 is 5.41 Å². The Labute approximate surface area is 110 Å². The molecule has 4 heteroatoms. The van der Waals surface area contributed by atoms with Crippen molar-refractivity contribution in [3.05, 3.63) is 0 Å². The Bertz CT molecular complexity index is 283. The maximum atomic E-state index is 11.8. The second-order valence-electron chi connectivity index (χ2n) is 5.54. The third-order valence-electron chi connectivity index (χ3n) is 3.73. The normalized spacial score (nSPS) is 17.1. The fraction of sp³-hybridized carbons (Fsp3) is 0.846. The van der Waals surface area contributed by atoms with Gasteiger partial charge in [0.15, 0.2) is 0 Å². The zero-order valence-corrected chi connectivity index (χ0v) is 11.7. The number of nitrogens with one attached hydrogen (secondary N) is 1. The van der Waals surface area contributed by atoms with Crippen molar-refractivity contribution in [2.45, 2.75) is 52.4 Å². The Morgan fingerprint density at radius 2 is 2.00 bits per heavy atom. The van der Waals surface area contributed by atoms with Crippen molar-refractivity contribution in [3.63, 3.8) is 0 Å². The van der Waals surface area contributed by atoms with Crippen LogP contribution in [0.3, 0.4) is 0 Å². The molecule has 0 unspecified atom stereocenters. The van der Waals surface area contributed by atoms with Crippen LogP contribution in [0.2, 0.25) is 0 Å². The van der Waals surface area contributed by atoms with Gasteiger partial charge < -0.3 is 11.1 Å². The van der Waals surface area contributed by atoms with Gasteiger partial charge in [0.05, 0.1) is 10.4 Å². The molecule has 0 aromatic carbocycles. The van der Waals surface area contributed by atoms with Crippen LogP contribution in [0.15, 0.2) is 0 Å². The molecular weight excluding hydrogens is 232 g/mol. The van der Waals surface area contributed by atoms with Crippen molar-refractivity contribution in [2.75, 3.05) is 6.54 Å². The third-order valence-corrected chi connectivity index (χ3v) is 4.24. The molecule has 0 spiro atoms. The number of rotatable bonds is 6. The molecule has 1 saturated carbocycles. The molecule has 17 heavy (non-hydrogen) atoms. The van der Waals surface area contributed by atoms with Crippen molar-refractivity contribution < 1.29 is 4.79 Å². The number of nitrogens with two attached hydrogens (primary N) is 1. The predicted molar refractivity (Wildman–Crippen MR) is 74.8 cm³/mol. The Balaban J connectivity index is 2.17. The minimum atomic E-state index is -0.733. The van der Waals surface area contributed by atoms with Crippen LogP contribution in [0.25, 0.3) is 0 Å². The van der Waals surface area contributed by atoms with Crippen molar-refractivity contribution in [3.8, 4) is 0 Å². The van der Waals surface area contributed by atoms with Crippen LogP contribution in [-0.4, -0.2) is 17.4 Å². The smallest absolute Gasteiger partial charge is 0.232 e. The summed E-state index contributed by atoms with van der Waals surface area (Å²) in [7, 11) is 0. The maximum absolute atomic E-state index is 11.8. The monoisotopic (exact) mass is 256 g/mol. The van der Waals surface area contributed by atoms with Gasteiger partial charge in [-0.15, -0.1) is 0 Å². The molecule has 0 aromatic rings. The van der Waals surface area contributed by atoms with E-state index in [0.717, 1.165) is 18.9 Å². The van der Waals surface area contributed by atoms with Gasteiger partial charge in [-0.2, -0.15) is 0 Å². The van der Waals surface area contributed by atoms with Crippen LogP contribution in [-0.2, 0) is 4.79 Å². The summed E-state index contributed by atoms with van der Waals surface area (Å²) in [5.74, 6) is 0.826. The molecule has 1 rings (SSSR count). The summed E-state index contributed by atoms with van der Waals surface area (Å²) in [5, 5.41) is 2.92. The molecular formula is C13H24N2OS. The fourth-order valence-corrected chi connectivity index (χ4v) is 2.32. The first kappa shape index (κ1) is 14.4. The minimum absolute atomic E-state index is 0.0589. The van der Waals surface area contributed by atoms with E-state index in [4.69, 9.17) is 18.0 Å². The molecule has 98 valence electrons. The lowest BCUT2D eigenvalue weighted by Gasteiger charge is -2.22. The van der Waals surface area contributed by atoms with Crippen LogP contribution in [0.1, 0.15) is 52.4 Å². The fourth-order valence-electron chi connectivity index (χ4n) is 2.22. The zero-order valence-electron chi connectivity index (χ0n) is 10.9. The average Bonchev–Trinajstić information content (AvgIpc) is 2.76. The molecule has 3 N–H and O–H groups in total. The summed E-state index contributed by atoms with van der Waals surface area (Å²) in [6.07, 6.45) is 7.78. The first-order valence-corrected chi connectivity index (χ1v) is 6.93. The highest BCUT2D eigenvalue weighted by Gasteiger charge is 2.30. The summed E-state index contributed by atoms with van der Waals surface area (Å²) in [6.45, 7) is 4.27. The van der Waals surface area contributed by atoms with Gasteiger partial charge in [-0.1, -0.05) is 37.9 Å². The summed E-state index contributed by atoms with van der Waals surface area (Å²) < 4.78 is 0. The molecule has 0 heterocycles. The molecule has 0 radical (unpaired) electrons. The predicted octanol–water partition coefficient (Wildman–Crippen LogP) is 2.39. The first-order valence-electron chi connectivity index (χ1n) is 6.53. The molecule has 0 saturated heterocycles. The van der Waals surface area contributed by atoms with Crippen molar-refractivity contribution in [1.29, 1.82) is 0 Å². The van der Waals surface area contributed by atoms with Gasteiger partial charge in [-0.05, 0) is 32.6 Å². The highest BCUT2D eigenvalue weighted by molar-refractivity contribution is 7.80. The maximum Gasteiger partial charge on any atom is 0.232 e. The molecule has 0 aromatic heterocycles. The second kappa shape index (κ2) is 6.34. The number of thiocarbonyl (C=S) groups is 1. The Morgan fingerprint density at radius 3 is 2.53 bits per heavy atom. The Morgan fingerprint density at radius 1 is 1.41 bits per heavy atom. The van der Waals surface area contributed by atoms with E-state index in [1.165, 1.54) is 32.1 Å². The van der Waals surface area contributed by atoms with E-state index in [0.29, 0.717) is 0 Å². The molecule has 0 atom stereocenters. The summed E-state index contributed by atoms with van der Waals surface area (Å²) in [5.41, 5.74) is 4.81. The zero-order chi connectivity index (χ0) is 12.9. The van der Waals surface area contributed by atoms with Gasteiger partial charge in [0.25, 0.3) is 0 Å². The van der Waals surface area contributed by atoms with E-state index >= 15 is 0 Å². The third kappa shape index (κ3) is 4.26. The molecule has 3 nitrogen and oxygen atoms in total. The lowest BCUT2D eigenvalue weighted by molar-refractivity contribution is -0.126. The van der Waals surface area contributed by atoms with Crippen LogP contribution in [0, 0.1) is 11.3 Å². The van der Waals surface area contributed by atoms with Crippen LogP contribution in [0.5, 0.6) is 0 Å². The Hall–Kier alpha value is -0.640. The lowest BCUT2D eigenvalue weighted by Crippen LogP contribution is -2.45. The summed E-state index contributed by atoms with van der Waals surface area (Å²) >= 11 is 4.89. The van der Waals surface area contributed by atoms with E-state index in [1.54, 1.807) is 13.8 Å². The summed E-state index contributed by atoms with van der Waals surface area (Å²) in [6, 6.07) is 0. The largest absolute Gasteiger partial charge is 0.392 e. The van der Waals surface area contributed by atoms with E-state index in [1.807, 2.05) is 0 Å². The van der Waals surface area contributed by atoms with Gasteiger partial charge in [0, 0.05) is 6.54 Å². The number of hydrogen-bond acceptors (Lipinski definition) is 2. The van der Waals surface area contributed by atoms with Gasteiger partial charge in [-0.25, -0.2) is 0 Å². The second-order valence-corrected chi connectivity index (χ2v) is 5.98. The highest BCUT2D eigenvalue weighted by Crippen LogP contribution is 2.28. The van der Waals surface area contributed by atoms with Gasteiger partial charge in [0.2, 0.25) is 5.91 Å². The molecule has 1 aliphatic rings. The van der Waals surface area contributed by atoms with Crippen molar-refractivity contribution >= 4 is 23.1 Å². The van der Waals surface area contributed by atoms with Crippen molar-refractivity contribution in [2.24, 2.45) is 17.1 Å². The number of carbonyl (C=O) groups is 1. The Kier molecular flexibility index (Phi) is 5.37. The minimum Gasteiger partial charge on any atom is -0.392 e. The van der Waals surface area contributed by atoms with E-state index in [9.17, 15) is 4.79 Å². The van der Waals surface area contributed by atoms with Gasteiger partial charge in [-0.3, -0.25) is 4.79 Å². The number of amides is 1. The SMILES string of the molecule is CC(C)(C(=O)NCCCC1CCCC1)C(N)=S. The quantitative estimate of drug-likeness (QED) is 0.567. The lowest BCUT2D eigenvalue weighted by atomic mass is 9.92. The van der Waals surface area contributed by atoms with Crippen LogP contribution >= 0.6 is 12.2 Å². The van der Waals surface area contributed by atoms with Gasteiger partial charge in [0.1, 0.15) is 0 Å². The van der Waals surface area contributed by atoms with E-state index in [2.05, 4.69) is 5.32 Å². The van der Waals surface area contributed by atoms with E-state index in [-0.39, 0.29) is 10.9 Å². The molecule has 1 fully saturated rings. The average molecular weight is 256 g/mol. The first-order chi connectivity index (χ1) is 7.94. The topological polar surface area (TPSA) is 55.1 Å². The molecule has 0 bridgehead atoms. The summed E-state index contributed by atoms with van der Waals surface area (Å²) in [4.78, 5) is 12.1. The van der Waals surface area contributed by atoms with Crippen LogP contribution < -0.4 is 11.1 Å². The molecule has 0 aliphatic heterocycles. The standard InChI is InChI=1S/C13H24N2OS/c1-13(2,11(14)17)12(16)15-9-5-8-10-6-3-4-7-10/h10H,3-9H2,1-2H3,(H2,14,17)(H,15,16). The van der Waals surface area contributed by atoms with Crippen LogP contribution in [0.4, 0.5) is 0 Å².